The van der Waals surface area contributed by atoms with E-state index in [-0.39, 0.29) is 5.91 Å². The summed E-state index contributed by atoms with van der Waals surface area (Å²) in [4.78, 5) is 11.8. The first-order chi connectivity index (χ1) is 7.18. The molecule has 0 saturated carbocycles. The van der Waals surface area contributed by atoms with Gasteiger partial charge in [-0.1, -0.05) is 28.1 Å². The van der Waals surface area contributed by atoms with Gasteiger partial charge in [0, 0.05) is 15.5 Å². The maximum absolute atomic E-state index is 11.8. The highest BCUT2D eigenvalue weighted by atomic mass is 79.9. The third-order valence-corrected chi connectivity index (χ3v) is 3.44. The van der Waals surface area contributed by atoms with E-state index in [0.29, 0.717) is 0 Å². The zero-order valence-corrected chi connectivity index (χ0v) is 9.68. The van der Waals surface area contributed by atoms with Gasteiger partial charge in [-0.2, -0.15) is 0 Å². The number of halogens is 1. The largest absolute Gasteiger partial charge is 0.321 e. The summed E-state index contributed by atoms with van der Waals surface area (Å²) in [7, 11) is 0. The second-order valence-corrected chi connectivity index (χ2v) is 4.59. The van der Waals surface area contributed by atoms with Crippen LogP contribution < -0.4 is 5.32 Å². The molecule has 0 aromatic heterocycles. The topological polar surface area (TPSA) is 29.1 Å². The Balaban J connectivity index is 2.61. The van der Waals surface area contributed by atoms with Crippen molar-refractivity contribution in [2.45, 2.75) is 6.92 Å². The summed E-state index contributed by atoms with van der Waals surface area (Å²) in [5, 5.41) is 5.00. The number of hydrogen-bond acceptors (Lipinski definition) is 1. The predicted molar refractivity (Wildman–Crippen MR) is 64.3 cm³/mol. The van der Waals surface area contributed by atoms with Crippen LogP contribution in [0.3, 0.4) is 0 Å². The van der Waals surface area contributed by atoms with Crippen LogP contribution in [0.25, 0.3) is 10.8 Å². The van der Waals surface area contributed by atoms with Crippen molar-refractivity contribution in [2.24, 2.45) is 0 Å². The lowest BCUT2D eigenvalue weighted by molar-refractivity contribution is 0.103. The Bertz CT molecular complexity index is 604. The van der Waals surface area contributed by atoms with Crippen molar-refractivity contribution in [1.82, 2.24) is 0 Å². The summed E-state index contributed by atoms with van der Waals surface area (Å²) < 4.78 is 1.04. The minimum Gasteiger partial charge on any atom is -0.321 e. The van der Waals surface area contributed by atoms with Gasteiger partial charge in [0.05, 0.1) is 5.56 Å². The Morgan fingerprint density at radius 2 is 2.13 bits per heavy atom. The Morgan fingerprint density at radius 3 is 2.93 bits per heavy atom. The van der Waals surface area contributed by atoms with Crippen LogP contribution in [-0.2, 0) is 0 Å². The van der Waals surface area contributed by atoms with Gasteiger partial charge in [0.2, 0.25) is 0 Å². The molecule has 2 nitrogen and oxygen atoms in total. The number of aryl methyl sites for hydroxylation is 1. The molecular weight excluding hydrogens is 254 g/mol. The molecule has 0 aliphatic carbocycles. The number of benzene rings is 2. The van der Waals surface area contributed by atoms with Crippen molar-refractivity contribution in [3.63, 3.8) is 0 Å². The molecule has 1 N–H and O–H groups in total. The number of carbonyl (C=O) groups is 1. The SMILES string of the molecule is Cc1cc(Br)c2cccc3c2c1C(=O)N3. The normalized spacial score (nSPS) is 13.3. The van der Waals surface area contributed by atoms with Gasteiger partial charge in [-0.25, -0.2) is 0 Å². The summed E-state index contributed by atoms with van der Waals surface area (Å²) in [6.07, 6.45) is 0. The van der Waals surface area contributed by atoms with Crippen LogP contribution in [-0.4, -0.2) is 5.91 Å². The second-order valence-electron chi connectivity index (χ2n) is 3.73. The van der Waals surface area contributed by atoms with Crippen molar-refractivity contribution < 1.29 is 4.79 Å². The van der Waals surface area contributed by atoms with Crippen molar-refractivity contribution in [2.75, 3.05) is 5.32 Å². The molecule has 3 heteroatoms. The molecule has 0 radical (unpaired) electrons. The maximum atomic E-state index is 11.8. The van der Waals surface area contributed by atoms with Gasteiger partial charge < -0.3 is 5.32 Å². The summed E-state index contributed by atoms with van der Waals surface area (Å²) in [5.41, 5.74) is 2.73. The number of rotatable bonds is 0. The predicted octanol–water partition coefficient (Wildman–Crippen LogP) is 3.48. The van der Waals surface area contributed by atoms with Gasteiger partial charge in [0.25, 0.3) is 5.91 Å². The fourth-order valence-corrected chi connectivity index (χ4v) is 2.81. The summed E-state index contributed by atoms with van der Waals surface area (Å²) >= 11 is 3.52. The Labute approximate surface area is 95.4 Å². The van der Waals surface area contributed by atoms with E-state index in [1.165, 1.54) is 0 Å². The Hall–Kier alpha value is -1.35. The standard InChI is InChI=1S/C12H8BrNO/c1-6-5-8(13)7-3-2-4-9-11(7)10(6)12(15)14-9/h2-5H,1H3,(H,14,15). The molecule has 74 valence electrons. The number of amides is 1. The highest BCUT2D eigenvalue weighted by molar-refractivity contribution is 9.10. The van der Waals surface area contributed by atoms with Crippen LogP contribution in [0.4, 0.5) is 5.69 Å². The lowest BCUT2D eigenvalue weighted by Crippen LogP contribution is -2.05. The van der Waals surface area contributed by atoms with E-state index >= 15 is 0 Å². The molecule has 0 unspecified atom stereocenters. The summed E-state index contributed by atoms with van der Waals surface area (Å²) in [6.45, 7) is 1.96. The number of anilines is 1. The third kappa shape index (κ3) is 1.07. The minimum atomic E-state index is 0.00574. The van der Waals surface area contributed by atoms with Crippen LogP contribution in [0.5, 0.6) is 0 Å². The van der Waals surface area contributed by atoms with Crippen LogP contribution in [0.1, 0.15) is 15.9 Å². The fraction of sp³-hybridized carbons (Fsp3) is 0.0833. The molecule has 0 saturated heterocycles. The zero-order valence-electron chi connectivity index (χ0n) is 8.10. The molecule has 0 bridgehead atoms. The molecule has 2 aromatic carbocycles. The van der Waals surface area contributed by atoms with Crippen molar-refractivity contribution in [3.8, 4) is 0 Å². The van der Waals surface area contributed by atoms with E-state index in [1.807, 2.05) is 31.2 Å². The van der Waals surface area contributed by atoms with Gasteiger partial charge in [-0.3, -0.25) is 4.79 Å². The second kappa shape index (κ2) is 2.83. The van der Waals surface area contributed by atoms with Gasteiger partial charge in [-0.15, -0.1) is 0 Å². The molecule has 15 heavy (non-hydrogen) atoms. The van der Waals surface area contributed by atoms with Crippen LogP contribution in [0.15, 0.2) is 28.7 Å². The Kier molecular flexibility index (Phi) is 1.68. The first-order valence-corrected chi connectivity index (χ1v) is 5.51. The molecule has 1 aliphatic heterocycles. The van der Waals surface area contributed by atoms with Crippen LogP contribution in [0.2, 0.25) is 0 Å². The molecule has 0 atom stereocenters. The van der Waals surface area contributed by atoms with Crippen LogP contribution in [0, 0.1) is 6.92 Å². The average Bonchev–Trinajstić information content (AvgIpc) is 2.51. The van der Waals surface area contributed by atoms with E-state index < -0.39 is 0 Å². The maximum Gasteiger partial charge on any atom is 0.256 e. The monoisotopic (exact) mass is 261 g/mol. The molecule has 1 heterocycles. The molecule has 1 aliphatic rings. The van der Waals surface area contributed by atoms with E-state index in [9.17, 15) is 4.79 Å². The van der Waals surface area contributed by atoms with Crippen molar-refractivity contribution >= 4 is 38.3 Å². The van der Waals surface area contributed by atoms with Gasteiger partial charge >= 0.3 is 0 Å². The summed E-state index contributed by atoms with van der Waals surface area (Å²) in [5.74, 6) is 0.00574. The first-order valence-electron chi connectivity index (χ1n) is 4.71. The number of nitrogens with one attached hydrogen (secondary N) is 1. The van der Waals surface area contributed by atoms with Crippen molar-refractivity contribution in [1.29, 1.82) is 0 Å². The zero-order chi connectivity index (χ0) is 10.6. The van der Waals surface area contributed by atoms with E-state index in [1.54, 1.807) is 0 Å². The van der Waals surface area contributed by atoms with Gasteiger partial charge in [0.1, 0.15) is 0 Å². The fourth-order valence-electron chi connectivity index (χ4n) is 2.14. The molecule has 2 aromatic rings. The highest BCUT2D eigenvalue weighted by Gasteiger charge is 2.24. The third-order valence-electron chi connectivity index (χ3n) is 2.78. The molecule has 0 fully saturated rings. The van der Waals surface area contributed by atoms with E-state index in [2.05, 4.69) is 21.2 Å². The Morgan fingerprint density at radius 1 is 1.33 bits per heavy atom. The molecule has 3 rings (SSSR count). The quantitative estimate of drug-likeness (QED) is 0.773. The minimum absolute atomic E-state index is 0.00574. The molecular formula is C12H8BrNO. The van der Waals surface area contributed by atoms with Gasteiger partial charge in [-0.05, 0) is 30.0 Å². The summed E-state index contributed by atoms with van der Waals surface area (Å²) in [6, 6.07) is 7.90. The van der Waals surface area contributed by atoms with Crippen molar-refractivity contribution in [3.05, 3.63) is 39.9 Å². The van der Waals surface area contributed by atoms with E-state index in [4.69, 9.17) is 0 Å². The lowest BCUT2D eigenvalue weighted by atomic mass is 10.0. The smallest absolute Gasteiger partial charge is 0.256 e. The number of hydrogen-bond donors (Lipinski definition) is 1. The van der Waals surface area contributed by atoms with Gasteiger partial charge in [0.15, 0.2) is 0 Å². The first kappa shape index (κ1) is 8.92. The molecule has 0 spiro atoms. The van der Waals surface area contributed by atoms with E-state index in [0.717, 1.165) is 32.1 Å². The molecule has 1 amide bonds. The lowest BCUT2D eigenvalue weighted by Gasteiger charge is -2.04. The number of carbonyl (C=O) groups excluding carboxylic acids is 1. The van der Waals surface area contributed by atoms with Crippen LogP contribution >= 0.6 is 15.9 Å². The average molecular weight is 262 g/mol. The highest BCUT2D eigenvalue weighted by Crippen LogP contribution is 2.38.